The van der Waals surface area contributed by atoms with Gasteiger partial charge in [-0.1, -0.05) is 29.8 Å². The van der Waals surface area contributed by atoms with E-state index in [9.17, 15) is 0 Å². The largest absolute Gasteiger partial charge is 0.537 e. The van der Waals surface area contributed by atoms with Gasteiger partial charge in [0.1, 0.15) is 0 Å². The van der Waals surface area contributed by atoms with Gasteiger partial charge in [-0.2, -0.15) is 0 Å². The van der Waals surface area contributed by atoms with Crippen LogP contribution in [-0.4, -0.2) is 27.1 Å². The van der Waals surface area contributed by atoms with Crippen molar-refractivity contribution in [2.75, 3.05) is 0 Å². The predicted molar refractivity (Wildman–Crippen MR) is 85.2 cm³/mol. The summed E-state index contributed by atoms with van der Waals surface area (Å²) in [5.74, 6) is 0. The molecule has 1 rings (SSSR count). The van der Waals surface area contributed by atoms with Crippen LogP contribution in [0.1, 0.15) is 47.1 Å². The number of hydrogen-bond acceptors (Lipinski definition) is 3. The highest BCUT2D eigenvalue weighted by Gasteiger charge is 2.46. The molecule has 0 atom stereocenters. The molecule has 0 saturated heterocycles. The quantitative estimate of drug-likeness (QED) is 0.722. The minimum atomic E-state index is -2.89. The number of aryl methyl sites for hydroxylation is 1. The first kappa shape index (κ1) is 17.4. The molecule has 0 unspecified atom stereocenters. The van der Waals surface area contributed by atoms with Crippen molar-refractivity contribution >= 4 is 14.0 Å². The third-order valence-corrected chi connectivity index (χ3v) is 5.91. The molecule has 0 radical (unpaired) electrons. The molecule has 0 aliphatic rings. The summed E-state index contributed by atoms with van der Waals surface area (Å²) in [6.45, 7) is 14.2. The summed E-state index contributed by atoms with van der Waals surface area (Å²) in [6.07, 6.45) is 0.166. The lowest BCUT2D eigenvalue weighted by Gasteiger charge is -2.34. The third-order valence-electron chi connectivity index (χ3n) is 2.54. The molecule has 0 N–H and O–H groups in total. The van der Waals surface area contributed by atoms with Crippen molar-refractivity contribution < 1.29 is 13.3 Å². The van der Waals surface area contributed by atoms with Gasteiger partial charge in [0.2, 0.25) is 0 Å². The van der Waals surface area contributed by atoms with Crippen molar-refractivity contribution in [2.45, 2.75) is 66.8 Å². The zero-order valence-corrected chi connectivity index (χ0v) is 14.8. The molecule has 1 aromatic rings. The fourth-order valence-corrected chi connectivity index (χ4v) is 5.20. The lowest BCUT2D eigenvalue weighted by Crippen LogP contribution is -2.60. The smallest absolute Gasteiger partial charge is 0.367 e. The van der Waals surface area contributed by atoms with E-state index in [1.807, 2.05) is 53.7 Å². The molecule has 4 heteroatoms. The highest BCUT2D eigenvalue weighted by Crippen LogP contribution is 2.18. The predicted octanol–water partition coefficient (Wildman–Crippen LogP) is 3.42. The molecule has 114 valence electrons. The molecule has 1 aromatic carbocycles. The van der Waals surface area contributed by atoms with Gasteiger partial charge in [0.25, 0.3) is 0 Å². The SMILES string of the molecule is Cc1cccc([Si](OC(C)C)(OC(C)C)OC(C)C)c1. The molecule has 0 spiro atoms. The number of rotatable bonds is 7. The van der Waals surface area contributed by atoms with E-state index in [1.54, 1.807) is 0 Å². The van der Waals surface area contributed by atoms with Crippen molar-refractivity contribution in [3.8, 4) is 0 Å². The topological polar surface area (TPSA) is 27.7 Å². The van der Waals surface area contributed by atoms with Gasteiger partial charge in [-0.25, -0.2) is 0 Å². The number of benzene rings is 1. The van der Waals surface area contributed by atoms with Gasteiger partial charge < -0.3 is 13.3 Å². The van der Waals surface area contributed by atoms with E-state index in [4.69, 9.17) is 13.3 Å². The van der Waals surface area contributed by atoms with Crippen LogP contribution in [0.25, 0.3) is 0 Å². The van der Waals surface area contributed by atoms with Crippen LogP contribution in [0.4, 0.5) is 0 Å². The minimum absolute atomic E-state index is 0.0553. The molecule has 0 aliphatic carbocycles. The van der Waals surface area contributed by atoms with E-state index in [1.165, 1.54) is 5.56 Å². The Morgan fingerprint density at radius 2 is 1.25 bits per heavy atom. The molecular formula is C16H28O3Si. The minimum Gasteiger partial charge on any atom is -0.367 e. The van der Waals surface area contributed by atoms with Gasteiger partial charge >= 0.3 is 8.80 Å². The van der Waals surface area contributed by atoms with Gasteiger partial charge in [0.15, 0.2) is 0 Å². The van der Waals surface area contributed by atoms with Crippen LogP contribution in [0.2, 0.25) is 0 Å². The molecule has 20 heavy (non-hydrogen) atoms. The van der Waals surface area contributed by atoms with Crippen molar-refractivity contribution in [2.24, 2.45) is 0 Å². The Labute approximate surface area is 124 Å². The first-order valence-corrected chi connectivity index (χ1v) is 9.08. The molecule has 0 aromatic heterocycles. The van der Waals surface area contributed by atoms with E-state index in [2.05, 4.69) is 19.1 Å². The molecule has 0 aliphatic heterocycles. The molecular weight excluding hydrogens is 268 g/mol. The summed E-state index contributed by atoms with van der Waals surface area (Å²) in [7, 11) is -2.89. The van der Waals surface area contributed by atoms with Crippen molar-refractivity contribution in [1.82, 2.24) is 0 Å². The summed E-state index contributed by atoms with van der Waals surface area (Å²) in [6, 6.07) is 8.26. The maximum Gasteiger partial charge on any atom is 0.537 e. The van der Waals surface area contributed by atoms with Gasteiger partial charge in [-0.3, -0.25) is 0 Å². The van der Waals surface area contributed by atoms with E-state index in [0.29, 0.717) is 0 Å². The van der Waals surface area contributed by atoms with Gasteiger partial charge in [-0.05, 0) is 48.5 Å². The first-order valence-electron chi connectivity index (χ1n) is 7.35. The monoisotopic (exact) mass is 296 g/mol. The lowest BCUT2D eigenvalue weighted by molar-refractivity contribution is 0.0153. The van der Waals surface area contributed by atoms with Crippen LogP contribution in [0.15, 0.2) is 24.3 Å². The van der Waals surface area contributed by atoms with E-state index >= 15 is 0 Å². The average molecular weight is 296 g/mol. The fourth-order valence-electron chi connectivity index (χ4n) is 2.05. The fraction of sp³-hybridized carbons (Fsp3) is 0.625. The Morgan fingerprint density at radius 1 is 0.800 bits per heavy atom. The van der Waals surface area contributed by atoms with Crippen molar-refractivity contribution in [3.05, 3.63) is 29.8 Å². The maximum atomic E-state index is 6.20. The van der Waals surface area contributed by atoms with Crippen LogP contribution >= 0.6 is 0 Å². The Kier molecular flexibility index (Phi) is 6.39. The number of hydrogen-bond donors (Lipinski definition) is 0. The summed E-state index contributed by atoms with van der Waals surface area (Å²) >= 11 is 0. The highest BCUT2D eigenvalue weighted by atomic mass is 28.4. The molecule has 0 amide bonds. The second kappa shape index (κ2) is 7.36. The molecule has 0 heterocycles. The molecule has 0 fully saturated rings. The summed E-state index contributed by atoms with van der Waals surface area (Å²) < 4.78 is 18.6. The van der Waals surface area contributed by atoms with Gasteiger partial charge in [0, 0.05) is 23.5 Å². The second-order valence-corrected chi connectivity index (χ2v) is 8.32. The zero-order valence-electron chi connectivity index (χ0n) is 13.8. The van der Waals surface area contributed by atoms with E-state index < -0.39 is 8.80 Å². The first-order chi connectivity index (χ1) is 9.25. The summed E-state index contributed by atoms with van der Waals surface area (Å²) in [5, 5.41) is 1.04. The Hall–Kier alpha value is -0.683. The van der Waals surface area contributed by atoms with Crippen LogP contribution < -0.4 is 5.19 Å². The van der Waals surface area contributed by atoms with Crippen LogP contribution in [0, 0.1) is 6.92 Å². The second-order valence-electron chi connectivity index (χ2n) is 5.93. The van der Waals surface area contributed by atoms with Crippen LogP contribution in [0.3, 0.4) is 0 Å². The molecule has 0 bridgehead atoms. The van der Waals surface area contributed by atoms with E-state index in [0.717, 1.165) is 5.19 Å². The van der Waals surface area contributed by atoms with Crippen LogP contribution in [-0.2, 0) is 13.3 Å². The van der Waals surface area contributed by atoms with Gasteiger partial charge in [0.05, 0.1) is 0 Å². The Balaban J connectivity index is 3.26. The lowest BCUT2D eigenvalue weighted by atomic mass is 10.2. The van der Waals surface area contributed by atoms with Crippen molar-refractivity contribution in [1.29, 1.82) is 0 Å². The van der Waals surface area contributed by atoms with E-state index in [-0.39, 0.29) is 18.3 Å². The average Bonchev–Trinajstić information content (AvgIpc) is 2.25. The van der Waals surface area contributed by atoms with Gasteiger partial charge in [-0.15, -0.1) is 0 Å². The zero-order chi connectivity index (χ0) is 15.3. The maximum absolute atomic E-state index is 6.20. The van der Waals surface area contributed by atoms with Crippen molar-refractivity contribution in [3.63, 3.8) is 0 Å². The third kappa shape index (κ3) is 5.02. The Morgan fingerprint density at radius 3 is 1.60 bits per heavy atom. The molecule has 3 nitrogen and oxygen atoms in total. The normalized spacial score (nSPS) is 12.7. The standard InChI is InChI=1S/C16H28O3Si/c1-12(2)17-20(18-13(3)4,19-14(5)6)16-10-8-9-15(7)11-16/h8-14H,1-7H3. The summed E-state index contributed by atoms with van der Waals surface area (Å²) in [4.78, 5) is 0. The molecule has 0 saturated carbocycles. The highest BCUT2D eigenvalue weighted by molar-refractivity contribution is 6.75. The Bertz CT molecular complexity index is 389. The summed E-state index contributed by atoms with van der Waals surface area (Å²) in [5.41, 5.74) is 1.19. The van der Waals surface area contributed by atoms with Crippen LogP contribution in [0.5, 0.6) is 0 Å².